The summed E-state index contributed by atoms with van der Waals surface area (Å²) in [5, 5.41) is 2.06. The molecule has 1 aromatic carbocycles. The molecule has 0 bridgehead atoms. The van der Waals surface area contributed by atoms with Gasteiger partial charge in [0, 0.05) is 19.6 Å². The van der Waals surface area contributed by atoms with Crippen LogP contribution in [0.1, 0.15) is 24.1 Å². The van der Waals surface area contributed by atoms with Gasteiger partial charge in [-0.1, -0.05) is 6.07 Å². The largest absolute Gasteiger partial charge is 0.368 e. The van der Waals surface area contributed by atoms with Gasteiger partial charge >= 0.3 is 0 Å². The second-order valence-electron chi connectivity index (χ2n) is 4.61. The number of hydrogen-bond donors (Lipinski definition) is 1. The Morgan fingerprint density at radius 2 is 2.16 bits per heavy atom. The average molecular weight is 343 g/mol. The van der Waals surface area contributed by atoms with E-state index in [1.807, 2.05) is 24.9 Å². The fraction of sp³-hybridized carbons (Fsp3) is 0.286. The van der Waals surface area contributed by atoms with Crippen LogP contribution in [0.3, 0.4) is 0 Å². The van der Waals surface area contributed by atoms with Gasteiger partial charge in [0.05, 0.1) is 9.47 Å². The number of anilines is 1. The number of benzene rings is 1. The molecule has 102 valence electrons. The minimum atomic E-state index is -0.230. The normalized spacial score (nSPS) is 12.5. The Bertz CT molecular complexity index is 568. The Hall–Kier alpha value is -0.910. The lowest BCUT2D eigenvalue weighted by atomic mass is 10.1. The molecule has 0 aliphatic rings. The first-order chi connectivity index (χ1) is 8.97. The van der Waals surface area contributed by atoms with Crippen molar-refractivity contribution >= 4 is 33.0 Å². The highest BCUT2D eigenvalue weighted by Gasteiger charge is 2.11. The van der Waals surface area contributed by atoms with Gasteiger partial charge in [0.2, 0.25) is 0 Å². The molecule has 1 heterocycles. The Balaban J connectivity index is 2.17. The molecule has 2 rings (SSSR count). The van der Waals surface area contributed by atoms with E-state index in [-0.39, 0.29) is 11.9 Å². The van der Waals surface area contributed by atoms with Gasteiger partial charge in [-0.25, -0.2) is 4.39 Å². The number of nitrogens with two attached hydrogens (primary N) is 1. The second-order valence-corrected chi connectivity index (χ2v) is 6.91. The maximum absolute atomic E-state index is 14.1. The number of hydrogen-bond acceptors (Lipinski definition) is 3. The molecule has 1 atom stereocenters. The van der Waals surface area contributed by atoms with E-state index in [2.05, 4.69) is 27.4 Å². The predicted octanol–water partition coefficient (Wildman–Crippen LogP) is 4.31. The summed E-state index contributed by atoms with van der Waals surface area (Å²) in [7, 11) is 1.88. The van der Waals surface area contributed by atoms with E-state index in [1.165, 1.54) is 6.07 Å². The highest BCUT2D eigenvalue weighted by atomic mass is 79.9. The maximum Gasteiger partial charge on any atom is 0.146 e. The molecule has 0 amide bonds. The Labute approximate surface area is 125 Å². The summed E-state index contributed by atoms with van der Waals surface area (Å²) >= 11 is 5.06. The smallest absolute Gasteiger partial charge is 0.146 e. The van der Waals surface area contributed by atoms with Crippen LogP contribution in [0.25, 0.3) is 0 Å². The first-order valence-corrected chi connectivity index (χ1v) is 7.63. The molecular weight excluding hydrogens is 327 g/mol. The summed E-state index contributed by atoms with van der Waals surface area (Å²) in [5.74, 6) is -0.230. The summed E-state index contributed by atoms with van der Waals surface area (Å²) in [5.41, 5.74) is 8.32. The highest BCUT2D eigenvalue weighted by Crippen LogP contribution is 2.26. The number of nitrogens with zero attached hydrogens (tertiary/aromatic N) is 1. The van der Waals surface area contributed by atoms with Crippen LogP contribution in [0, 0.1) is 5.82 Å². The Kier molecular flexibility index (Phi) is 4.60. The maximum atomic E-state index is 14.1. The minimum Gasteiger partial charge on any atom is -0.368 e. The van der Waals surface area contributed by atoms with Crippen LogP contribution in [0.5, 0.6) is 0 Å². The molecule has 1 aromatic heterocycles. The van der Waals surface area contributed by atoms with Crippen LogP contribution < -0.4 is 10.6 Å². The number of thiophene rings is 1. The van der Waals surface area contributed by atoms with Crippen molar-refractivity contribution < 1.29 is 4.39 Å². The van der Waals surface area contributed by atoms with Crippen molar-refractivity contribution in [1.29, 1.82) is 0 Å². The van der Waals surface area contributed by atoms with Crippen molar-refractivity contribution in [1.82, 2.24) is 0 Å². The number of rotatable bonds is 4. The third-order valence-corrected chi connectivity index (χ3v) is 4.50. The molecule has 2 N–H and O–H groups in total. The van der Waals surface area contributed by atoms with E-state index >= 15 is 0 Å². The lowest BCUT2D eigenvalue weighted by Crippen LogP contribution is -2.17. The van der Waals surface area contributed by atoms with Crippen LogP contribution in [0.4, 0.5) is 10.1 Å². The van der Waals surface area contributed by atoms with E-state index in [0.29, 0.717) is 12.2 Å². The van der Waals surface area contributed by atoms with E-state index < -0.39 is 0 Å². The summed E-state index contributed by atoms with van der Waals surface area (Å²) in [4.78, 5) is 1.90. The van der Waals surface area contributed by atoms with Gasteiger partial charge < -0.3 is 10.6 Å². The number of halogens is 2. The van der Waals surface area contributed by atoms with Crippen LogP contribution >= 0.6 is 27.3 Å². The molecule has 0 fully saturated rings. The van der Waals surface area contributed by atoms with E-state index in [4.69, 9.17) is 5.73 Å². The van der Waals surface area contributed by atoms with Crippen molar-refractivity contribution in [2.75, 3.05) is 11.9 Å². The molecule has 0 saturated carbocycles. The lowest BCUT2D eigenvalue weighted by molar-refractivity contribution is 0.617. The second kappa shape index (κ2) is 6.03. The predicted molar refractivity (Wildman–Crippen MR) is 83.1 cm³/mol. The quantitative estimate of drug-likeness (QED) is 0.897. The topological polar surface area (TPSA) is 29.3 Å². The first-order valence-electron chi connectivity index (χ1n) is 5.96. The zero-order chi connectivity index (χ0) is 14.0. The van der Waals surface area contributed by atoms with Crippen LogP contribution in [-0.4, -0.2) is 7.05 Å². The molecule has 5 heteroatoms. The molecule has 0 unspecified atom stereocenters. The zero-order valence-corrected chi connectivity index (χ0v) is 13.3. The van der Waals surface area contributed by atoms with Crippen LogP contribution in [0.2, 0.25) is 0 Å². The zero-order valence-electron chi connectivity index (χ0n) is 10.9. The van der Waals surface area contributed by atoms with Gasteiger partial charge in [0.15, 0.2) is 0 Å². The third kappa shape index (κ3) is 3.55. The molecule has 19 heavy (non-hydrogen) atoms. The van der Waals surface area contributed by atoms with Gasteiger partial charge in [-0.3, -0.25) is 0 Å². The van der Waals surface area contributed by atoms with E-state index in [0.717, 1.165) is 14.9 Å². The Morgan fingerprint density at radius 3 is 2.68 bits per heavy atom. The monoisotopic (exact) mass is 342 g/mol. The van der Waals surface area contributed by atoms with Crippen molar-refractivity contribution in [3.8, 4) is 0 Å². The molecule has 0 aliphatic heterocycles. The van der Waals surface area contributed by atoms with Gasteiger partial charge in [0.25, 0.3) is 0 Å². The van der Waals surface area contributed by atoms with Gasteiger partial charge in [-0.2, -0.15) is 0 Å². The summed E-state index contributed by atoms with van der Waals surface area (Å²) in [6, 6.07) is 7.08. The third-order valence-electron chi connectivity index (χ3n) is 2.95. The van der Waals surface area contributed by atoms with Crippen molar-refractivity contribution in [3.05, 3.63) is 50.4 Å². The van der Waals surface area contributed by atoms with Crippen molar-refractivity contribution in [3.63, 3.8) is 0 Å². The molecular formula is C14H16BrFN2S. The standard InChI is InChI=1S/C14H16BrFN2S/c1-9(17)11-3-4-13(12(16)6-11)18(2)7-10-5-14(15)19-8-10/h3-6,8-9H,7,17H2,1-2H3/t9-/m0/s1. The van der Waals surface area contributed by atoms with Gasteiger partial charge in [-0.15, -0.1) is 11.3 Å². The van der Waals surface area contributed by atoms with Gasteiger partial charge in [0.1, 0.15) is 5.82 Å². The van der Waals surface area contributed by atoms with Crippen molar-refractivity contribution in [2.24, 2.45) is 5.73 Å². The molecule has 0 saturated heterocycles. The minimum absolute atomic E-state index is 0.151. The highest BCUT2D eigenvalue weighted by molar-refractivity contribution is 9.11. The van der Waals surface area contributed by atoms with Crippen LogP contribution in [0.15, 0.2) is 33.4 Å². The van der Waals surface area contributed by atoms with Crippen LogP contribution in [-0.2, 0) is 6.54 Å². The lowest BCUT2D eigenvalue weighted by Gasteiger charge is -2.20. The summed E-state index contributed by atoms with van der Waals surface area (Å²) in [6.45, 7) is 2.53. The summed E-state index contributed by atoms with van der Waals surface area (Å²) < 4.78 is 15.2. The van der Waals surface area contributed by atoms with Crippen molar-refractivity contribution in [2.45, 2.75) is 19.5 Å². The summed E-state index contributed by atoms with van der Waals surface area (Å²) in [6.07, 6.45) is 0. The van der Waals surface area contributed by atoms with Gasteiger partial charge in [-0.05, 0) is 57.6 Å². The fourth-order valence-electron chi connectivity index (χ4n) is 1.90. The molecule has 0 radical (unpaired) electrons. The Morgan fingerprint density at radius 1 is 1.42 bits per heavy atom. The van der Waals surface area contributed by atoms with E-state index in [9.17, 15) is 4.39 Å². The molecule has 0 aliphatic carbocycles. The molecule has 2 nitrogen and oxygen atoms in total. The molecule has 0 spiro atoms. The SMILES string of the molecule is C[C@H](N)c1ccc(N(C)Cc2csc(Br)c2)c(F)c1. The average Bonchev–Trinajstić information content (AvgIpc) is 2.74. The first kappa shape index (κ1) is 14.5. The van der Waals surface area contributed by atoms with E-state index in [1.54, 1.807) is 17.4 Å². The fourth-order valence-corrected chi connectivity index (χ4v) is 3.10. The molecule has 2 aromatic rings.